The van der Waals surface area contributed by atoms with E-state index in [1.807, 2.05) is 0 Å². The first-order chi connectivity index (χ1) is 7.93. The number of hydrogen-bond donors (Lipinski definition) is 2. The maximum absolute atomic E-state index is 12.1. The van der Waals surface area contributed by atoms with Crippen LogP contribution in [0.3, 0.4) is 0 Å². The van der Waals surface area contributed by atoms with Crippen LogP contribution in [0.5, 0.6) is 0 Å². The fourth-order valence-corrected chi connectivity index (χ4v) is 1.46. The molecule has 0 saturated carbocycles. The summed E-state index contributed by atoms with van der Waals surface area (Å²) in [6, 6.07) is 3.40. The van der Waals surface area contributed by atoms with Gasteiger partial charge in [-0.05, 0) is 12.1 Å². The number of alkyl halides is 4. The Morgan fingerprint density at radius 3 is 2.71 bits per heavy atom. The number of carbonyl (C=O) groups is 1. The summed E-state index contributed by atoms with van der Waals surface area (Å²) < 4.78 is 15.3. The Bertz CT molecular complexity index is 354. The highest BCUT2D eigenvalue weighted by Crippen LogP contribution is 2.29. The average Bonchev–Trinajstić information content (AvgIpc) is 2.74. The van der Waals surface area contributed by atoms with Gasteiger partial charge in [0.2, 0.25) is 3.79 Å². The largest absolute Gasteiger partial charge is 0.468 e. The lowest BCUT2D eigenvalue weighted by atomic mass is 10.4. The molecule has 0 aliphatic carbocycles. The maximum atomic E-state index is 12.1. The van der Waals surface area contributed by atoms with Crippen molar-refractivity contribution in [2.24, 2.45) is 0 Å². The van der Waals surface area contributed by atoms with Gasteiger partial charge in [0.05, 0.1) is 12.8 Å². The third-order valence-electron chi connectivity index (χ3n) is 1.81. The summed E-state index contributed by atoms with van der Waals surface area (Å²) in [5.74, 6) is -0.271. The normalized spacial score (nSPS) is 13.4. The molecule has 0 bridgehead atoms. The minimum absolute atomic E-state index is 0.234. The summed E-state index contributed by atoms with van der Waals surface area (Å²) >= 11 is 16.9. The maximum Gasteiger partial charge on any atom is 0.252 e. The zero-order valence-electron chi connectivity index (χ0n) is 8.55. The van der Waals surface area contributed by atoms with Crippen molar-refractivity contribution < 1.29 is 13.6 Å². The fraction of sp³-hybridized carbons (Fsp3) is 0.444. The summed E-state index contributed by atoms with van der Waals surface area (Å²) in [4.78, 5) is 10.9. The third-order valence-corrected chi connectivity index (χ3v) is 2.47. The van der Waals surface area contributed by atoms with Crippen molar-refractivity contribution in [1.82, 2.24) is 10.6 Å². The summed E-state index contributed by atoms with van der Waals surface area (Å²) in [5.41, 5.74) is 0. The van der Waals surface area contributed by atoms with Gasteiger partial charge in [0, 0.05) is 0 Å². The lowest BCUT2D eigenvalue weighted by molar-refractivity contribution is -0.122. The van der Waals surface area contributed by atoms with Gasteiger partial charge in [-0.3, -0.25) is 10.1 Å². The summed E-state index contributed by atoms with van der Waals surface area (Å²) in [6.07, 6.45) is 0.475. The van der Waals surface area contributed by atoms with Gasteiger partial charge in [-0.2, -0.15) is 0 Å². The van der Waals surface area contributed by atoms with E-state index in [1.54, 1.807) is 12.1 Å². The van der Waals surface area contributed by atoms with Crippen molar-refractivity contribution in [2.75, 3.05) is 6.67 Å². The standard InChI is InChI=1S/C9H10Cl3FN2O2/c10-9(11,12)8(15-7(16)4-13)14-5-6-2-1-3-17-6/h1-3,8,14H,4-5H2,(H,15,16)/t8-/m1/s1. The Labute approximate surface area is 112 Å². The smallest absolute Gasteiger partial charge is 0.252 e. The zero-order valence-corrected chi connectivity index (χ0v) is 10.8. The molecule has 0 radical (unpaired) electrons. The second-order valence-corrected chi connectivity index (χ2v) is 5.50. The lowest BCUT2D eigenvalue weighted by Gasteiger charge is -2.25. The van der Waals surface area contributed by atoms with Gasteiger partial charge in [0.25, 0.3) is 5.91 Å². The van der Waals surface area contributed by atoms with Crippen LogP contribution in [-0.2, 0) is 11.3 Å². The number of amides is 1. The molecule has 1 aromatic rings. The van der Waals surface area contributed by atoms with Crippen LogP contribution in [0.2, 0.25) is 0 Å². The molecule has 1 aromatic heterocycles. The number of nitrogens with one attached hydrogen (secondary N) is 2. The molecule has 1 amide bonds. The molecule has 2 N–H and O–H groups in total. The summed E-state index contributed by atoms with van der Waals surface area (Å²) in [5, 5.41) is 4.95. The third kappa shape index (κ3) is 5.12. The van der Waals surface area contributed by atoms with Gasteiger partial charge in [-0.1, -0.05) is 34.8 Å². The van der Waals surface area contributed by atoms with Crippen LogP contribution in [0.1, 0.15) is 5.76 Å². The molecule has 8 heteroatoms. The molecule has 1 atom stereocenters. The van der Waals surface area contributed by atoms with Gasteiger partial charge in [0.15, 0.2) is 6.67 Å². The van der Waals surface area contributed by atoms with Crippen molar-refractivity contribution in [2.45, 2.75) is 16.5 Å². The number of furan rings is 1. The minimum atomic E-state index is -1.79. The van der Waals surface area contributed by atoms with Gasteiger partial charge < -0.3 is 9.73 Å². The second-order valence-electron chi connectivity index (χ2n) is 3.14. The van der Waals surface area contributed by atoms with E-state index in [1.165, 1.54) is 6.26 Å². The number of hydrogen-bond acceptors (Lipinski definition) is 3. The Kier molecular flexibility index (Phi) is 5.52. The molecule has 1 heterocycles. The Balaban J connectivity index is 2.55. The van der Waals surface area contributed by atoms with E-state index in [0.717, 1.165) is 0 Å². The SMILES string of the molecule is O=C(CF)N[C@@H](NCc1ccco1)C(Cl)(Cl)Cl. The van der Waals surface area contributed by atoms with Crippen LogP contribution < -0.4 is 10.6 Å². The molecule has 0 aliphatic rings. The molecule has 0 unspecified atom stereocenters. The number of rotatable bonds is 5. The average molecular weight is 304 g/mol. The highest BCUT2D eigenvalue weighted by Gasteiger charge is 2.33. The fourth-order valence-electron chi connectivity index (χ4n) is 1.06. The molecule has 0 saturated heterocycles. The van der Waals surface area contributed by atoms with Crippen LogP contribution in [-0.4, -0.2) is 22.5 Å². The van der Waals surface area contributed by atoms with E-state index >= 15 is 0 Å². The first kappa shape index (κ1) is 14.6. The molecule has 17 heavy (non-hydrogen) atoms. The monoisotopic (exact) mass is 302 g/mol. The Hall–Kier alpha value is -0.490. The Morgan fingerprint density at radius 2 is 2.24 bits per heavy atom. The van der Waals surface area contributed by atoms with Crippen molar-refractivity contribution in [1.29, 1.82) is 0 Å². The van der Waals surface area contributed by atoms with Crippen LogP contribution >= 0.6 is 34.8 Å². The molecule has 1 rings (SSSR count). The molecule has 4 nitrogen and oxygen atoms in total. The van der Waals surface area contributed by atoms with Crippen LogP contribution in [0.15, 0.2) is 22.8 Å². The molecule has 0 aliphatic heterocycles. The Morgan fingerprint density at radius 1 is 1.53 bits per heavy atom. The van der Waals surface area contributed by atoms with Gasteiger partial charge in [0.1, 0.15) is 11.9 Å². The topological polar surface area (TPSA) is 54.3 Å². The van der Waals surface area contributed by atoms with Crippen LogP contribution in [0, 0.1) is 0 Å². The second kappa shape index (κ2) is 6.44. The molecular weight excluding hydrogens is 293 g/mol. The first-order valence-corrected chi connectivity index (χ1v) is 5.74. The number of halogens is 4. The van der Waals surface area contributed by atoms with E-state index in [4.69, 9.17) is 39.2 Å². The molecule has 0 fully saturated rings. The van der Waals surface area contributed by atoms with Gasteiger partial charge >= 0.3 is 0 Å². The predicted octanol–water partition coefficient (Wildman–Crippen LogP) is 2.15. The van der Waals surface area contributed by atoms with E-state index < -0.39 is 22.5 Å². The van der Waals surface area contributed by atoms with E-state index in [9.17, 15) is 9.18 Å². The minimum Gasteiger partial charge on any atom is -0.468 e. The van der Waals surface area contributed by atoms with Gasteiger partial charge in [-0.25, -0.2) is 4.39 Å². The van der Waals surface area contributed by atoms with E-state index in [0.29, 0.717) is 5.76 Å². The highest BCUT2D eigenvalue weighted by atomic mass is 35.6. The summed E-state index contributed by atoms with van der Waals surface area (Å²) in [7, 11) is 0. The van der Waals surface area contributed by atoms with Crippen LogP contribution in [0.25, 0.3) is 0 Å². The van der Waals surface area contributed by atoms with Gasteiger partial charge in [-0.15, -0.1) is 0 Å². The van der Waals surface area contributed by atoms with Crippen molar-refractivity contribution in [3.63, 3.8) is 0 Å². The molecular formula is C9H10Cl3FN2O2. The quantitative estimate of drug-likeness (QED) is 0.647. The molecule has 0 spiro atoms. The first-order valence-electron chi connectivity index (χ1n) is 4.61. The van der Waals surface area contributed by atoms with E-state index in [2.05, 4.69) is 10.6 Å². The summed E-state index contributed by atoms with van der Waals surface area (Å²) in [6.45, 7) is -0.947. The van der Waals surface area contributed by atoms with E-state index in [-0.39, 0.29) is 6.54 Å². The van der Waals surface area contributed by atoms with Crippen molar-refractivity contribution in [3.05, 3.63) is 24.2 Å². The lowest BCUT2D eigenvalue weighted by Crippen LogP contribution is -2.53. The van der Waals surface area contributed by atoms with Crippen LogP contribution in [0.4, 0.5) is 4.39 Å². The highest BCUT2D eigenvalue weighted by molar-refractivity contribution is 6.68. The van der Waals surface area contributed by atoms with Crippen molar-refractivity contribution in [3.8, 4) is 0 Å². The predicted molar refractivity (Wildman–Crippen MR) is 63.7 cm³/mol. The molecule has 0 aromatic carbocycles. The zero-order chi connectivity index (χ0) is 12.9. The van der Waals surface area contributed by atoms with Crippen molar-refractivity contribution >= 4 is 40.7 Å². The molecule has 96 valence electrons. The number of carbonyl (C=O) groups excluding carboxylic acids is 1.